The number of fused-ring (bicyclic) bond motifs is 1. The van der Waals surface area contributed by atoms with Crippen molar-refractivity contribution in [2.45, 2.75) is 65.6 Å². The zero-order valence-electron chi connectivity index (χ0n) is 19.7. The van der Waals surface area contributed by atoms with E-state index in [1.54, 1.807) is 0 Å². The summed E-state index contributed by atoms with van der Waals surface area (Å²) >= 11 is 0. The van der Waals surface area contributed by atoms with Gasteiger partial charge in [0.05, 0.1) is 0 Å². The number of likely N-dealkylation sites (tertiary alicyclic amines) is 1. The minimum absolute atomic E-state index is 0.0269. The maximum absolute atomic E-state index is 13.3. The summed E-state index contributed by atoms with van der Waals surface area (Å²) in [7, 11) is 1.51. The second-order valence-electron chi connectivity index (χ2n) is 10.9. The van der Waals surface area contributed by atoms with Gasteiger partial charge in [0.15, 0.2) is 0 Å². The summed E-state index contributed by atoms with van der Waals surface area (Å²) in [5, 5.41) is 12.8. The van der Waals surface area contributed by atoms with Crippen molar-refractivity contribution in [2.24, 2.45) is 23.2 Å². The summed E-state index contributed by atoms with van der Waals surface area (Å²) in [5.41, 5.74) is 1.35. The molecule has 31 heavy (non-hydrogen) atoms. The van der Waals surface area contributed by atoms with Crippen molar-refractivity contribution >= 4 is 12.0 Å². The number of amides is 2. The average Bonchev–Trinajstić information content (AvgIpc) is 3.22. The van der Waals surface area contributed by atoms with Crippen LogP contribution in [0.5, 0.6) is 0 Å². The van der Waals surface area contributed by atoms with Gasteiger partial charge in [-0.3, -0.25) is 14.6 Å². The van der Waals surface area contributed by atoms with Gasteiger partial charge >= 0.3 is 6.09 Å². The Labute approximate surface area is 187 Å². The van der Waals surface area contributed by atoms with Crippen LogP contribution >= 0.6 is 0 Å². The number of nitrogens with one attached hydrogen (secondary N) is 1. The van der Waals surface area contributed by atoms with E-state index in [2.05, 4.69) is 55.3 Å². The standard InChI is InChI=1S/C25H39N3O3/c1-17(13-25(2,3)4)22(27(5)24(30)31)23(29)26-21-12-11-19-15-28(16-20(19)21)14-18-9-7-6-8-10-18/h6-10,17,19-22H,11-16H2,1-5H3,(H,26,29)(H,30,31)/t17?,19-,20+,21+,22+/m1/s1. The highest BCUT2D eigenvalue weighted by atomic mass is 16.4. The van der Waals surface area contributed by atoms with Gasteiger partial charge in [0.25, 0.3) is 0 Å². The van der Waals surface area contributed by atoms with Crippen molar-refractivity contribution in [1.29, 1.82) is 0 Å². The molecule has 1 saturated heterocycles. The van der Waals surface area contributed by atoms with Gasteiger partial charge < -0.3 is 10.4 Å². The molecular formula is C25H39N3O3. The number of rotatable bonds is 7. The molecule has 3 rings (SSSR count). The second kappa shape index (κ2) is 9.60. The maximum Gasteiger partial charge on any atom is 0.407 e. The number of likely N-dealkylation sites (N-methyl/N-ethyl adjacent to an activating group) is 1. The molecule has 5 atom stereocenters. The number of hydrogen-bond donors (Lipinski definition) is 2. The Morgan fingerprint density at radius 3 is 2.48 bits per heavy atom. The second-order valence-corrected chi connectivity index (χ2v) is 10.9. The Morgan fingerprint density at radius 1 is 1.19 bits per heavy atom. The summed E-state index contributed by atoms with van der Waals surface area (Å²) in [6.07, 6.45) is 1.83. The normalized spacial score (nSPS) is 25.6. The molecule has 2 N–H and O–H groups in total. The highest BCUT2D eigenvalue weighted by Crippen LogP contribution is 2.39. The van der Waals surface area contributed by atoms with E-state index in [4.69, 9.17) is 0 Å². The topological polar surface area (TPSA) is 72.9 Å². The van der Waals surface area contributed by atoms with Gasteiger partial charge in [-0.2, -0.15) is 0 Å². The van der Waals surface area contributed by atoms with Gasteiger partial charge in [0, 0.05) is 32.7 Å². The van der Waals surface area contributed by atoms with Crippen molar-refractivity contribution in [3.05, 3.63) is 35.9 Å². The first kappa shape index (κ1) is 23.6. The smallest absolute Gasteiger partial charge is 0.407 e. The van der Waals surface area contributed by atoms with E-state index in [1.807, 2.05) is 13.0 Å². The molecular weight excluding hydrogens is 390 g/mol. The Balaban J connectivity index is 1.64. The molecule has 1 aromatic rings. The molecule has 172 valence electrons. The first-order valence-corrected chi connectivity index (χ1v) is 11.6. The van der Waals surface area contributed by atoms with E-state index in [9.17, 15) is 14.7 Å². The quantitative estimate of drug-likeness (QED) is 0.685. The summed E-state index contributed by atoms with van der Waals surface area (Å²) in [4.78, 5) is 28.7. The Morgan fingerprint density at radius 2 is 1.87 bits per heavy atom. The van der Waals surface area contributed by atoms with E-state index in [0.717, 1.165) is 38.9 Å². The van der Waals surface area contributed by atoms with Crippen LogP contribution in [-0.2, 0) is 11.3 Å². The van der Waals surface area contributed by atoms with Crippen LogP contribution in [0.2, 0.25) is 0 Å². The Kier molecular flexibility index (Phi) is 7.30. The van der Waals surface area contributed by atoms with Crippen LogP contribution in [0.15, 0.2) is 30.3 Å². The third-order valence-corrected chi connectivity index (χ3v) is 6.97. The molecule has 0 radical (unpaired) electrons. The fourth-order valence-electron chi connectivity index (χ4n) is 5.79. The predicted octanol–water partition coefficient (Wildman–Crippen LogP) is 4.06. The molecule has 1 heterocycles. The number of nitrogens with zero attached hydrogens (tertiary/aromatic N) is 2. The van der Waals surface area contributed by atoms with Crippen molar-refractivity contribution in [3.8, 4) is 0 Å². The monoisotopic (exact) mass is 429 g/mol. The van der Waals surface area contributed by atoms with Gasteiger partial charge in [-0.15, -0.1) is 0 Å². The molecule has 2 amide bonds. The predicted molar refractivity (Wildman–Crippen MR) is 123 cm³/mol. The molecule has 2 fully saturated rings. The number of carbonyl (C=O) groups is 2. The van der Waals surface area contributed by atoms with Crippen molar-refractivity contribution < 1.29 is 14.7 Å². The number of hydrogen-bond acceptors (Lipinski definition) is 3. The molecule has 1 unspecified atom stereocenters. The number of carboxylic acid groups (broad SMARTS) is 1. The maximum atomic E-state index is 13.3. The molecule has 2 aliphatic rings. The fourth-order valence-corrected chi connectivity index (χ4v) is 5.79. The lowest BCUT2D eigenvalue weighted by atomic mass is 9.81. The van der Waals surface area contributed by atoms with E-state index in [1.165, 1.54) is 17.5 Å². The molecule has 0 spiro atoms. The average molecular weight is 430 g/mol. The highest BCUT2D eigenvalue weighted by molar-refractivity contribution is 5.85. The largest absolute Gasteiger partial charge is 0.465 e. The van der Waals surface area contributed by atoms with Crippen LogP contribution in [-0.4, -0.2) is 59.1 Å². The Bertz CT molecular complexity index is 761. The Hall–Kier alpha value is -2.08. The zero-order chi connectivity index (χ0) is 22.8. The van der Waals surface area contributed by atoms with Crippen LogP contribution in [0, 0.1) is 23.2 Å². The minimum Gasteiger partial charge on any atom is -0.465 e. The van der Waals surface area contributed by atoms with E-state index < -0.39 is 12.1 Å². The van der Waals surface area contributed by atoms with Gasteiger partial charge in [-0.25, -0.2) is 4.79 Å². The molecule has 1 saturated carbocycles. The molecule has 1 aromatic carbocycles. The molecule has 6 heteroatoms. The molecule has 6 nitrogen and oxygen atoms in total. The first-order chi connectivity index (χ1) is 14.5. The summed E-state index contributed by atoms with van der Waals surface area (Å²) < 4.78 is 0. The lowest BCUT2D eigenvalue weighted by molar-refractivity contribution is -0.128. The summed E-state index contributed by atoms with van der Waals surface area (Å²) in [6.45, 7) is 11.4. The van der Waals surface area contributed by atoms with Crippen molar-refractivity contribution in [1.82, 2.24) is 15.1 Å². The lowest BCUT2D eigenvalue weighted by Gasteiger charge is -2.34. The van der Waals surface area contributed by atoms with Crippen molar-refractivity contribution in [2.75, 3.05) is 20.1 Å². The summed E-state index contributed by atoms with van der Waals surface area (Å²) in [5.74, 6) is 0.850. The van der Waals surface area contributed by atoms with E-state index in [-0.39, 0.29) is 23.3 Å². The molecule has 1 aliphatic heterocycles. The van der Waals surface area contributed by atoms with Gasteiger partial charge in [-0.1, -0.05) is 58.0 Å². The fraction of sp³-hybridized carbons (Fsp3) is 0.680. The van der Waals surface area contributed by atoms with Crippen LogP contribution in [0.1, 0.15) is 52.5 Å². The van der Waals surface area contributed by atoms with Crippen LogP contribution in [0.25, 0.3) is 0 Å². The van der Waals surface area contributed by atoms with E-state index in [0.29, 0.717) is 11.8 Å². The minimum atomic E-state index is -1.06. The van der Waals surface area contributed by atoms with Crippen LogP contribution in [0.3, 0.4) is 0 Å². The van der Waals surface area contributed by atoms with Crippen LogP contribution < -0.4 is 5.32 Å². The SMILES string of the molecule is CC(CC(C)(C)C)[C@@H](C(=O)N[C@H]1CC[C@@H]2CN(Cc3ccccc3)C[C@@H]21)N(C)C(=O)O. The lowest BCUT2D eigenvalue weighted by Crippen LogP contribution is -2.54. The number of carbonyl (C=O) groups excluding carboxylic acids is 1. The molecule has 1 aliphatic carbocycles. The van der Waals surface area contributed by atoms with Crippen LogP contribution in [0.4, 0.5) is 4.79 Å². The van der Waals surface area contributed by atoms with Gasteiger partial charge in [0.1, 0.15) is 6.04 Å². The number of benzene rings is 1. The van der Waals surface area contributed by atoms with E-state index >= 15 is 0 Å². The zero-order valence-corrected chi connectivity index (χ0v) is 19.7. The third kappa shape index (κ3) is 6.00. The molecule has 0 bridgehead atoms. The van der Waals surface area contributed by atoms with Gasteiger partial charge in [0.2, 0.25) is 5.91 Å². The molecule has 0 aromatic heterocycles. The first-order valence-electron chi connectivity index (χ1n) is 11.6. The van der Waals surface area contributed by atoms with Gasteiger partial charge in [-0.05, 0) is 48.0 Å². The summed E-state index contributed by atoms with van der Waals surface area (Å²) in [6, 6.07) is 9.98. The third-order valence-electron chi connectivity index (χ3n) is 6.97. The highest BCUT2D eigenvalue weighted by Gasteiger charge is 2.44. The van der Waals surface area contributed by atoms with Crippen molar-refractivity contribution in [3.63, 3.8) is 0 Å².